The molecule has 3 rings (SSSR count). The number of unbranched alkanes of at least 4 members (excludes halogenated alkanes) is 2. The first-order valence-corrected chi connectivity index (χ1v) is 14.2. The normalized spacial score (nSPS) is 12.5. The number of hydrogen-bond acceptors (Lipinski definition) is 4. The van der Waals surface area contributed by atoms with Gasteiger partial charge in [0.1, 0.15) is 13.2 Å². The van der Waals surface area contributed by atoms with E-state index in [1.807, 2.05) is 48.5 Å². The largest absolute Gasteiger partial charge is 0.461 e. The molecule has 0 N–H and O–H groups in total. The third-order valence-electron chi connectivity index (χ3n) is 6.33. The molecule has 0 saturated carbocycles. The zero-order valence-corrected chi connectivity index (χ0v) is 23.6. The van der Waals surface area contributed by atoms with E-state index in [9.17, 15) is 9.59 Å². The van der Waals surface area contributed by atoms with Crippen LogP contribution in [0.3, 0.4) is 0 Å². The first kappa shape index (κ1) is 29.7. The second kappa shape index (κ2) is 15.6. The fraction of sp³-hybridized carbons (Fsp3) is 0.375. The molecule has 0 heterocycles. The van der Waals surface area contributed by atoms with Gasteiger partial charge in [-0.25, -0.2) is 9.59 Å². The Morgan fingerprint density at radius 3 is 1.16 bits per heavy atom. The van der Waals surface area contributed by atoms with Crippen LogP contribution in [0.2, 0.25) is 0 Å². The second-order valence-corrected chi connectivity index (χ2v) is 10.6. The minimum absolute atomic E-state index is 0.152. The fourth-order valence-corrected chi connectivity index (χ4v) is 4.40. The summed E-state index contributed by atoms with van der Waals surface area (Å²) in [4.78, 5) is 24.7. The van der Waals surface area contributed by atoms with Gasteiger partial charge in [-0.1, -0.05) is 88.1 Å². The van der Waals surface area contributed by atoms with Crippen molar-refractivity contribution < 1.29 is 19.1 Å². The molecule has 38 heavy (non-hydrogen) atoms. The molecule has 0 bridgehead atoms. The van der Waals surface area contributed by atoms with Gasteiger partial charge in [-0.2, -0.15) is 0 Å². The number of halogens is 2. The standard InChI is InChI=1S/C32H36Cl2O4/c1-3-5-7-29(33)21-37-31(35)27-17-13-25(14-18-27)23-9-11-24(12-10-23)26-15-19-28(20-16-26)32(36)38-22-30(34)8-6-4-2/h9-20,29-30H,3-8,21-22H2,1-2H3/t29-,30-/m0/s1. The lowest BCUT2D eigenvalue weighted by Crippen LogP contribution is -2.14. The lowest BCUT2D eigenvalue weighted by molar-refractivity contribution is 0.0492. The van der Waals surface area contributed by atoms with Crippen molar-refractivity contribution in [2.75, 3.05) is 13.2 Å². The van der Waals surface area contributed by atoms with E-state index in [1.54, 1.807) is 24.3 Å². The minimum Gasteiger partial charge on any atom is -0.461 e. The Hall–Kier alpha value is -2.82. The van der Waals surface area contributed by atoms with Crippen LogP contribution in [0.1, 0.15) is 73.1 Å². The molecule has 0 saturated heterocycles. The van der Waals surface area contributed by atoms with Gasteiger partial charge >= 0.3 is 11.9 Å². The lowest BCUT2D eigenvalue weighted by atomic mass is 9.99. The quantitative estimate of drug-likeness (QED) is 0.147. The van der Waals surface area contributed by atoms with Gasteiger partial charge in [-0.05, 0) is 59.4 Å². The topological polar surface area (TPSA) is 52.6 Å². The van der Waals surface area contributed by atoms with E-state index in [1.165, 1.54) is 0 Å². The van der Waals surface area contributed by atoms with Crippen molar-refractivity contribution in [2.24, 2.45) is 0 Å². The van der Waals surface area contributed by atoms with Crippen LogP contribution in [0.4, 0.5) is 0 Å². The van der Waals surface area contributed by atoms with E-state index in [-0.39, 0.29) is 35.9 Å². The highest BCUT2D eigenvalue weighted by molar-refractivity contribution is 6.21. The highest BCUT2D eigenvalue weighted by Crippen LogP contribution is 2.26. The van der Waals surface area contributed by atoms with Crippen molar-refractivity contribution in [3.05, 3.63) is 83.9 Å². The first-order chi connectivity index (χ1) is 18.4. The summed E-state index contributed by atoms with van der Waals surface area (Å²) in [5.41, 5.74) is 5.08. The third-order valence-corrected chi connectivity index (χ3v) is 7.01. The van der Waals surface area contributed by atoms with Crippen LogP contribution < -0.4 is 0 Å². The predicted octanol–water partition coefficient (Wildman–Crippen LogP) is 8.93. The molecule has 0 aliphatic heterocycles. The van der Waals surface area contributed by atoms with Crippen LogP contribution in [0.15, 0.2) is 72.8 Å². The van der Waals surface area contributed by atoms with Gasteiger partial charge < -0.3 is 9.47 Å². The van der Waals surface area contributed by atoms with E-state index in [0.29, 0.717) is 11.1 Å². The van der Waals surface area contributed by atoms with Crippen LogP contribution in [0.5, 0.6) is 0 Å². The van der Waals surface area contributed by atoms with Crippen molar-refractivity contribution in [3.63, 3.8) is 0 Å². The second-order valence-electron chi connectivity index (χ2n) is 9.41. The summed E-state index contributed by atoms with van der Waals surface area (Å²) in [7, 11) is 0. The van der Waals surface area contributed by atoms with E-state index in [0.717, 1.165) is 60.8 Å². The number of alkyl halides is 2. The summed E-state index contributed by atoms with van der Waals surface area (Å²) in [6.45, 7) is 4.65. The van der Waals surface area contributed by atoms with Gasteiger partial charge in [0.15, 0.2) is 0 Å². The molecule has 6 heteroatoms. The monoisotopic (exact) mass is 554 g/mol. The van der Waals surface area contributed by atoms with E-state index in [4.69, 9.17) is 32.7 Å². The van der Waals surface area contributed by atoms with E-state index in [2.05, 4.69) is 13.8 Å². The molecule has 0 aliphatic rings. The number of carbonyl (C=O) groups excluding carboxylic acids is 2. The van der Waals surface area contributed by atoms with Crippen LogP contribution in [-0.2, 0) is 9.47 Å². The molecular weight excluding hydrogens is 519 g/mol. The SMILES string of the molecule is CCCC[C@H](Cl)COC(=O)c1ccc(-c2ccc(-c3ccc(C(=O)OC[C@@H](Cl)CCCC)cc3)cc2)cc1. The number of rotatable bonds is 14. The molecule has 4 nitrogen and oxygen atoms in total. The van der Waals surface area contributed by atoms with E-state index >= 15 is 0 Å². The summed E-state index contributed by atoms with van der Waals surface area (Å²) in [5, 5.41) is -0.304. The number of esters is 2. The maximum atomic E-state index is 12.3. The molecule has 0 aliphatic carbocycles. The average molecular weight is 556 g/mol. The minimum atomic E-state index is -0.361. The summed E-state index contributed by atoms with van der Waals surface area (Å²) in [5.74, 6) is -0.722. The molecule has 3 aromatic carbocycles. The van der Waals surface area contributed by atoms with Crippen LogP contribution in [-0.4, -0.2) is 35.9 Å². The Balaban J connectivity index is 1.55. The number of hydrogen-bond donors (Lipinski definition) is 0. The molecule has 202 valence electrons. The third kappa shape index (κ3) is 9.18. The van der Waals surface area contributed by atoms with Gasteiger partial charge in [0, 0.05) is 0 Å². The zero-order valence-electron chi connectivity index (χ0n) is 22.1. The molecule has 0 fully saturated rings. The molecule has 0 aromatic heterocycles. The Labute approximate surface area is 236 Å². The Kier molecular flexibility index (Phi) is 12.2. The molecule has 0 radical (unpaired) electrons. The van der Waals surface area contributed by atoms with Crippen molar-refractivity contribution in [3.8, 4) is 22.3 Å². The molecule has 2 atom stereocenters. The van der Waals surface area contributed by atoms with Crippen LogP contribution in [0.25, 0.3) is 22.3 Å². The van der Waals surface area contributed by atoms with E-state index < -0.39 is 0 Å². The Bertz CT molecular complexity index is 1050. The zero-order chi connectivity index (χ0) is 27.3. The van der Waals surface area contributed by atoms with Gasteiger partial charge in [0.25, 0.3) is 0 Å². The lowest BCUT2D eigenvalue weighted by Gasteiger charge is -2.11. The van der Waals surface area contributed by atoms with Gasteiger partial charge in [0.05, 0.1) is 21.9 Å². The van der Waals surface area contributed by atoms with Crippen LogP contribution in [0, 0.1) is 0 Å². The molecule has 0 spiro atoms. The highest BCUT2D eigenvalue weighted by atomic mass is 35.5. The first-order valence-electron chi connectivity index (χ1n) is 13.3. The molecular formula is C32H36Cl2O4. The smallest absolute Gasteiger partial charge is 0.338 e. The molecule has 0 amide bonds. The summed E-state index contributed by atoms with van der Waals surface area (Å²) in [6, 6.07) is 22.9. The Morgan fingerprint density at radius 2 is 0.868 bits per heavy atom. The fourth-order valence-electron chi connectivity index (χ4n) is 3.97. The van der Waals surface area contributed by atoms with Gasteiger partial charge in [0.2, 0.25) is 0 Å². The van der Waals surface area contributed by atoms with Gasteiger partial charge in [-0.3, -0.25) is 0 Å². The number of benzene rings is 3. The number of ether oxygens (including phenoxy) is 2. The maximum absolute atomic E-state index is 12.3. The highest BCUT2D eigenvalue weighted by Gasteiger charge is 2.13. The van der Waals surface area contributed by atoms with Crippen molar-refractivity contribution in [2.45, 2.75) is 63.1 Å². The Morgan fingerprint density at radius 1 is 0.579 bits per heavy atom. The predicted molar refractivity (Wildman–Crippen MR) is 156 cm³/mol. The van der Waals surface area contributed by atoms with Crippen molar-refractivity contribution >= 4 is 35.1 Å². The summed E-state index contributed by atoms with van der Waals surface area (Å²) < 4.78 is 10.7. The molecule has 3 aromatic rings. The summed E-state index contributed by atoms with van der Waals surface area (Å²) in [6.07, 6.45) is 5.85. The van der Waals surface area contributed by atoms with Crippen molar-refractivity contribution in [1.29, 1.82) is 0 Å². The molecule has 0 unspecified atom stereocenters. The maximum Gasteiger partial charge on any atom is 0.338 e. The van der Waals surface area contributed by atoms with Gasteiger partial charge in [-0.15, -0.1) is 23.2 Å². The van der Waals surface area contributed by atoms with Crippen molar-refractivity contribution in [1.82, 2.24) is 0 Å². The summed E-state index contributed by atoms with van der Waals surface area (Å²) >= 11 is 12.4. The average Bonchev–Trinajstić information content (AvgIpc) is 2.96. The van der Waals surface area contributed by atoms with Crippen LogP contribution >= 0.6 is 23.2 Å². The number of carbonyl (C=O) groups is 2.